The number of hydrogen-bond acceptors (Lipinski definition) is 3. The van der Waals surface area contributed by atoms with Crippen LogP contribution >= 0.6 is 0 Å². The third-order valence-electron chi connectivity index (χ3n) is 2.82. The van der Waals surface area contributed by atoms with E-state index in [1.165, 1.54) is 25.9 Å². The first-order chi connectivity index (χ1) is 7.29. The number of rotatable bonds is 6. The Morgan fingerprint density at radius 2 is 2.07 bits per heavy atom. The van der Waals surface area contributed by atoms with Crippen molar-refractivity contribution in [3.8, 4) is 0 Å². The molecule has 1 aliphatic heterocycles. The Morgan fingerprint density at radius 1 is 1.20 bits per heavy atom. The minimum atomic E-state index is 0.809. The summed E-state index contributed by atoms with van der Waals surface area (Å²) in [4.78, 5) is 2.50. The maximum Gasteiger partial charge on any atom is 0.0593 e. The fraction of sp³-hybridized carbons (Fsp3) is 1.00. The number of ether oxygens (including phenoxy) is 1. The standard InChI is InChI=1S/C12H26N2O/c1-12(2)4-5-13-6-8-14-7-3-10-15-11-9-14/h12-13H,3-11H2,1-2H3. The zero-order chi connectivity index (χ0) is 10.9. The molecule has 90 valence electrons. The van der Waals surface area contributed by atoms with E-state index in [0.29, 0.717) is 0 Å². The maximum absolute atomic E-state index is 5.42. The monoisotopic (exact) mass is 214 g/mol. The van der Waals surface area contributed by atoms with Crippen LogP contribution < -0.4 is 5.32 Å². The molecule has 1 rings (SSSR count). The molecule has 0 aromatic rings. The van der Waals surface area contributed by atoms with Crippen LogP contribution in [0, 0.1) is 5.92 Å². The highest BCUT2D eigenvalue weighted by atomic mass is 16.5. The van der Waals surface area contributed by atoms with Crippen LogP contribution in [0.2, 0.25) is 0 Å². The van der Waals surface area contributed by atoms with Crippen molar-refractivity contribution in [1.29, 1.82) is 0 Å². The van der Waals surface area contributed by atoms with Crippen LogP contribution in [0.3, 0.4) is 0 Å². The minimum absolute atomic E-state index is 0.809. The second kappa shape index (κ2) is 8.08. The molecule has 1 saturated heterocycles. The lowest BCUT2D eigenvalue weighted by molar-refractivity contribution is 0.141. The van der Waals surface area contributed by atoms with Crippen LogP contribution in [0.5, 0.6) is 0 Å². The van der Waals surface area contributed by atoms with E-state index in [9.17, 15) is 0 Å². The molecule has 0 atom stereocenters. The largest absolute Gasteiger partial charge is 0.380 e. The van der Waals surface area contributed by atoms with Gasteiger partial charge in [0.25, 0.3) is 0 Å². The summed E-state index contributed by atoms with van der Waals surface area (Å²) < 4.78 is 5.42. The summed E-state index contributed by atoms with van der Waals surface area (Å²) in [5.74, 6) is 0.809. The zero-order valence-corrected chi connectivity index (χ0v) is 10.3. The Kier molecular flexibility index (Phi) is 6.98. The first kappa shape index (κ1) is 12.9. The summed E-state index contributed by atoms with van der Waals surface area (Å²) in [7, 11) is 0. The van der Waals surface area contributed by atoms with Gasteiger partial charge in [0.2, 0.25) is 0 Å². The summed E-state index contributed by atoms with van der Waals surface area (Å²) in [6, 6.07) is 0. The summed E-state index contributed by atoms with van der Waals surface area (Å²) in [6.07, 6.45) is 2.47. The lowest BCUT2D eigenvalue weighted by Gasteiger charge is -2.19. The topological polar surface area (TPSA) is 24.5 Å². The summed E-state index contributed by atoms with van der Waals surface area (Å²) in [6.45, 7) is 12.1. The van der Waals surface area contributed by atoms with E-state index in [0.717, 1.165) is 38.8 Å². The van der Waals surface area contributed by atoms with Crippen LogP contribution in [-0.4, -0.2) is 50.8 Å². The SMILES string of the molecule is CC(C)CCNCCN1CCCOCC1. The molecule has 0 radical (unpaired) electrons. The zero-order valence-electron chi connectivity index (χ0n) is 10.3. The third-order valence-corrected chi connectivity index (χ3v) is 2.82. The van der Waals surface area contributed by atoms with Crippen LogP contribution in [0.4, 0.5) is 0 Å². The van der Waals surface area contributed by atoms with Crippen molar-refractivity contribution in [2.75, 3.05) is 45.9 Å². The van der Waals surface area contributed by atoms with Crippen molar-refractivity contribution >= 4 is 0 Å². The summed E-state index contributed by atoms with van der Waals surface area (Å²) >= 11 is 0. The van der Waals surface area contributed by atoms with Gasteiger partial charge in [-0.25, -0.2) is 0 Å². The minimum Gasteiger partial charge on any atom is -0.380 e. The Hall–Kier alpha value is -0.120. The summed E-state index contributed by atoms with van der Waals surface area (Å²) in [5.41, 5.74) is 0. The van der Waals surface area contributed by atoms with Gasteiger partial charge in [0.15, 0.2) is 0 Å². The van der Waals surface area contributed by atoms with Gasteiger partial charge in [-0.3, -0.25) is 4.90 Å². The van der Waals surface area contributed by atoms with E-state index in [2.05, 4.69) is 24.1 Å². The first-order valence-corrected chi connectivity index (χ1v) is 6.30. The van der Waals surface area contributed by atoms with E-state index >= 15 is 0 Å². The number of hydrogen-bond donors (Lipinski definition) is 1. The highest BCUT2D eigenvalue weighted by Gasteiger charge is 2.07. The van der Waals surface area contributed by atoms with E-state index in [-0.39, 0.29) is 0 Å². The fourth-order valence-electron chi connectivity index (χ4n) is 1.77. The number of nitrogens with zero attached hydrogens (tertiary/aromatic N) is 1. The highest BCUT2D eigenvalue weighted by molar-refractivity contribution is 4.62. The van der Waals surface area contributed by atoms with Gasteiger partial charge in [-0.05, 0) is 25.3 Å². The quantitative estimate of drug-likeness (QED) is 0.675. The number of nitrogens with one attached hydrogen (secondary N) is 1. The van der Waals surface area contributed by atoms with Gasteiger partial charge in [-0.2, -0.15) is 0 Å². The van der Waals surface area contributed by atoms with Gasteiger partial charge in [-0.15, -0.1) is 0 Å². The van der Waals surface area contributed by atoms with Gasteiger partial charge in [0.1, 0.15) is 0 Å². The Balaban J connectivity index is 1.94. The Bertz CT molecular complexity index is 143. The van der Waals surface area contributed by atoms with Crippen LogP contribution in [0.25, 0.3) is 0 Å². The van der Waals surface area contributed by atoms with Gasteiger partial charge in [0.05, 0.1) is 6.61 Å². The van der Waals surface area contributed by atoms with Crippen molar-refractivity contribution < 1.29 is 4.74 Å². The molecule has 0 bridgehead atoms. The van der Waals surface area contributed by atoms with Crippen LogP contribution in [0.15, 0.2) is 0 Å². The van der Waals surface area contributed by atoms with Crippen LogP contribution in [-0.2, 0) is 4.74 Å². The van der Waals surface area contributed by atoms with Crippen molar-refractivity contribution in [1.82, 2.24) is 10.2 Å². The van der Waals surface area contributed by atoms with Gasteiger partial charge in [0, 0.05) is 32.8 Å². The molecule has 0 saturated carbocycles. The lowest BCUT2D eigenvalue weighted by atomic mass is 10.1. The maximum atomic E-state index is 5.42. The lowest BCUT2D eigenvalue weighted by Crippen LogP contribution is -2.34. The molecule has 0 spiro atoms. The van der Waals surface area contributed by atoms with Gasteiger partial charge in [-0.1, -0.05) is 13.8 Å². The molecule has 3 nitrogen and oxygen atoms in total. The second-order valence-electron chi connectivity index (χ2n) is 4.74. The fourth-order valence-corrected chi connectivity index (χ4v) is 1.77. The predicted molar refractivity (Wildman–Crippen MR) is 64.2 cm³/mol. The smallest absolute Gasteiger partial charge is 0.0593 e. The molecule has 0 unspecified atom stereocenters. The van der Waals surface area contributed by atoms with E-state index in [4.69, 9.17) is 4.74 Å². The van der Waals surface area contributed by atoms with Gasteiger partial charge < -0.3 is 10.1 Å². The average molecular weight is 214 g/mol. The van der Waals surface area contributed by atoms with Crippen molar-refractivity contribution in [2.45, 2.75) is 26.7 Å². The highest BCUT2D eigenvalue weighted by Crippen LogP contribution is 1.98. The van der Waals surface area contributed by atoms with Crippen LogP contribution in [0.1, 0.15) is 26.7 Å². The Labute approximate surface area is 94.2 Å². The molecule has 0 amide bonds. The molecular weight excluding hydrogens is 188 g/mol. The molecule has 1 N–H and O–H groups in total. The van der Waals surface area contributed by atoms with E-state index in [1.807, 2.05) is 0 Å². The molecule has 3 heteroatoms. The van der Waals surface area contributed by atoms with Crippen molar-refractivity contribution in [3.05, 3.63) is 0 Å². The molecule has 15 heavy (non-hydrogen) atoms. The molecule has 0 aromatic heterocycles. The molecule has 1 fully saturated rings. The van der Waals surface area contributed by atoms with E-state index < -0.39 is 0 Å². The first-order valence-electron chi connectivity index (χ1n) is 6.30. The molecule has 1 aliphatic rings. The normalized spacial score (nSPS) is 19.4. The molecular formula is C12H26N2O. The third kappa shape index (κ3) is 6.88. The molecule has 0 aromatic carbocycles. The van der Waals surface area contributed by atoms with Gasteiger partial charge >= 0.3 is 0 Å². The summed E-state index contributed by atoms with van der Waals surface area (Å²) in [5, 5.41) is 3.50. The molecule has 1 heterocycles. The van der Waals surface area contributed by atoms with E-state index in [1.54, 1.807) is 0 Å². The Morgan fingerprint density at radius 3 is 2.87 bits per heavy atom. The van der Waals surface area contributed by atoms with Crippen molar-refractivity contribution in [2.24, 2.45) is 5.92 Å². The van der Waals surface area contributed by atoms with Crippen molar-refractivity contribution in [3.63, 3.8) is 0 Å². The average Bonchev–Trinajstić information content (AvgIpc) is 2.45. The predicted octanol–water partition coefficient (Wildman–Crippen LogP) is 1.34. The molecule has 0 aliphatic carbocycles. The second-order valence-corrected chi connectivity index (χ2v) is 4.74.